The molecule has 6 nitrogen and oxygen atoms in total. The molecule has 1 N–H and O–H groups in total. The van der Waals surface area contributed by atoms with E-state index in [0.717, 1.165) is 0 Å². The summed E-state index contributed by atoms with van der Waals surface area (Å²) in [6.07, 6.45) is 0. The van der Waals surface area contributed by atoms with Crippen LogP contribution in [0.5, 0.6) is 0 Å². The van der Waals surface area contributed by atoms with Gasteiger partial charge in [0.05, 0.1) is 32.5 Å². The van der Waals surface area contributed by atoms with E-state index in [9.17, 15) is 14.7 Å². The minimum atomic E-state index is -0.866. The molecule has 1 heterocycles. The Morgan fingerprint density at radius 2 is 2.10 bits per heavy atom. The van der Waals surface area contributed by atoms with Gasteiger partial charge in [-0.05, 0) is 12.3 Å². The second kappa shape index (κ2) is 7.04. The highest BCUT2D eigenvalue weighted by molar-refractivity contribution is 5.98. The second-order valence-corrected chi connectivity index (χ2v) is 5.99. The van der Waals surface area contributed by atoms with Gasteiger partial charge in [0.1, 0.15) is 5.92 Å². The molecule has 2 atom stereocenters. The van der Waals surface area contributed by atoms with Gasteiger partial charge in [0.25, 0.3) is 0 Å². The number of carbonyl (C=O) groups excluding carboxylic acids is 2. The first-order valence-electron chi connectivity index (χ1n) is 6.98. The molecule has 20 heavy (non-hydrogen) atoms. The third-order valence-electron chi connectivity index (χ3n) is 3.36. The predicted molar refractivity (Wildman–Crippen MR) is 73.0 cm³/mol. The summed E-state index contributed by atoms with van der Waals surface area (Å²) in [6.45, 7) is 8.38. The van der Waals surface area contributed by atoms with Crippen molar-refractivity contribution in [1.82, 2.24) is 4.90 Å². The fourth-order valence-electron chi connectivity index (χ4n) is 2.31. The molecule has 0 radical (unpaired) electrons. The number of hydrogen-bond donors (Lipinski definition) is 1. The zero-order chi connectivity index (χ0) is 15.3. The van der Waals surface area contributed by atoms with Gasteiger partial charge in [-0.15, -0.1) is 0 Å². The molecule has 1 rings (SSSR count). The molecular formula is C14H25NO5. The van der Waals surface area contributed by atoms with E-state index in [1.165, 1.54) is 4.90 Å². The fraction of sp³-hybridized carbons (Fsp3) is 0.857. The van der Waals surface area contributed by atoms with Gasteiger partial charge in [-0.25, -0.2) is 0 Å². The molecule has 0 aromatic rings. The van der Waals surface area contributed by atoms with E-state index in [1.807, 2.05) is 20.8 Å². The van der Waals surface area contributed by atoms with Crippen LogP contribution in [0.3, 0.4) is 0 Å². The molecule has 0 spiro atoms. The van der Waals surface area contributed by atoms with Gasteiger partial charge < -0.3 is 19.5 Å². The molecule has 1 aliphatic rings. The molecule has 1 amide bonds. The van der Waals surface area contributed by atoms with E-state index in [4.69, 9.17) is 9.47 Å². The maximum absolute atomic E-state index is 12.7. The summed E-state index contributed by atoms with van der Waals surface area (Å²) in [5.74, 6) is -1.67. The average Bonchev–Trinajstić information content (AvgIpc) is 2.37. The van der Waals surface area contributed by atoms with Crippen LogP contribution in [0.15, 0.2) is 0 Å². The highest BCUT2D eigenvalue weighted by Gasteiger charge is 2.43. The van der Waals surface area contributed by atoms with Crippen molar-refractivity contribution in [3.05, 3.63) is 0 Å². The summed E-state index contributed by atoms with van der Waals surface area (Å²) in [5.41, 5.74) is -0.540. The van der Waals surface area contributed by atoms with Crippen molar-refractivity contribution in [2.24, 2.45) is 11.3 Å². The number of nitrogens with zero attached hydrogens (tertiary/aromatic N) is 1. The Bertz CT molecular complexity index is 350. The monoisotopic (exact) mass is 287 g/mol. The Morgan fingerprint density at radius 3 is 2.60 bits per heavy atom. The van der Waals surface area contributed by atoms with Gasteiger partial charge in [0.2, 0.25) is 5.91 Å². The van der Waals surface area contributed by atoms with Crippen LogP contribution < -0.4 is 0 Å². The van der Waals surface area contributed by atoms with Crippen LogP contribution in [-0.2, 0) is 19.1 Å². The first-order chi connectivity index (χ1) is 9.32. The lowest BCUT2D eigenvalue weighted by molar-refractivity contribution is -0.165. The number of carbonyl (C=O) groups is 2. The number of hydrogen-bond acceptors (Lipinski definition) is 5. The van der Waals surface area contributed by atoms with Crippen molar-refractivity contribution < 1.29 is 24.2 Å². The van der Waals surface area contributed by atoms with Gasteiger partial charge in [-0.1, -0.05) is 20.8 Å². The van der Waals surface area contributed by atoms with Crippen LogP contribution in [0.1, 0.15) is 27.7 Å². The first kappa shape index (κ1) is 16.9. The second-order valence-electron chi connectivity index (χ2n) is 5.99. The molecule has 1 aliphatic heterocycles. The van der Waals surface area contributed by atoms with E-state index in [1.54, 1.807) is 6.92 Å². The van der Waals surface area contributed by atoms with Crippen molar-refractivity contribution >= 4 is 11.9 Å². The Hall–Kier alpha value is -1.14. The van der Waals surface area contributed by atoms with Crippen LogP contribution in [0, 0.1) is 11.3 Å². The van der Waals surface area contributed by atoms with Crippen molar-refractivity contribution in [2.75, 3.05) is 33.0 Å². The van der Waals surface area contributed by atoms with Crippen LogP contribution in [0.25, 0.3) is 0 Å². The van der Waals surface area contributed by atoms with Crippen LogP contribution in [0.4, 0.5) is 0 Å². The average molecular weight is 287 g/mol. The van der Waals surface area contributed by atoms with E-state index in [2.05, 4.69) is 0 Å². The molecule has 2 unspecified atom stereocenters. The molecule has 1 saturated heterocycles. The number of aliphatic hydroxyl groups is 1. The predicted octanol–water partition coefficient (Wildman–Crippen LogP) is 0.431. The van der Waals surface area contributed by atoms with E-state index in [0.29, 0.717) is 19.8 Å². The Balaban J connectivity index is 2.94. The van der Waals surface area contributed by atoms with Crippen molar-refractivity contribution in [3.8, 4) is 0 Å². The third-order valence-corrected chi connectivity index (χ3v) is 3.36. The quantitative estimate of drug-likeness (QED) is 0.599. The largest absolute Gasteiger partial charge is 0.465 e. The summed E-state index contributed by atoms with van der Waals surface area (Å²) in [7, 11) is 0. The standard InChI is InChI=1S/C14H25NO5/c1-5-20-13(18)11(14(2,3)4)12(17)15-6-7-19-9-10(15)8-16/h10-11,16H,5-9H2,1-4H3. The Kier molecular flexibility index (Phi) is 5.95. The normalized spacial score (nSPS) is 21.4. The number of ether oxygens (including phenoxy) is 2. The molecule has 0 bridgehead atoms. The highest BCUT2D eigenvalue weighted by atomic mass is 16.5. The SMILES string of the molecule is CCOC(=O)C(C(=O)N1CCOCC1CO)C(C)(C)C. The summed E-state index contributed by atoms with van der Waals surface area (Å²) >= 11 is 0. The van der Waals surface area contributed by atoms with Gasteiger partial charge in [-0.2, -0.15) is 0 Å². The van der Waals surface area contributed by atoms with Crippen molar-refractivity contribution in [3.63, 3.8) is 0 Å². The van der Waals surface area contributed by atoms with Gasteiger partial charge in [0.15, 0.2) is 0 Å². The van der Waals surface area contributed by atoms with E-state index < -0.39 is 23.3 Å². The van der Waals surface area contributed by atoms with Crippen molar-refractivity contribution in [2.45, 2.75) is 33.7 Å². The lowest BCUT2D eigenvalue weighted by Crippen LogP contribution is -2.55. The lowest BCUT2D eigenvalue weighted by Gasteiger charge is -2.39. The first-order valence-corrected chi connectivity index (χ1v) is 6.98. The maximum Gasteiger partial charge on any atom is 0.319 e. The summed E-state index contributed by atoms with van der Waals surface area (Å²) < 4.78 is 10.3. The molecule has 0 aromatic carbocycles. The number of esters is 1. The number of morpholine rings is 1. The molecule has 1 fully saturated rings. The zero-order valence-corrected chi connectivity index (χ0v) is 12.7. The molecule has 6 heteroatoms. The minimum Gasteiger partial charge on any atom is -0.465 e. The number of rotatable bonds is 4. The molecule has 0 aromatic heterocycles. The van der Waals surface area contributed by atoms with Crippen LogP contribution in [0.2, 0.25) is 0 Å². The van der Waals surface area contributed by atoms with Gasteiger partial charge in [-0.3, -0.25) is 9.59 Å². The van der Waals surface area contributed by atoms with Gasteiger partial charge >= 0.3 is 5.97 Å². The number of aliphatic hydroxyl groups excluding tert-OH is 1. The third kappa shape index (κ3) is 3.93. The van der Waals surface area contributed by atoms with E-state index in [-0.39, 0.29) is 19.1 Å². The molecule has 0 aliphatic carbocycles. The summed E-state index contributed by atoms with van der Waals surface area (Å²) in [5, 5.41) is 9.35. The maximum atomic E-state index is 12.7. The topological polar surface area (TPSA) is 76.1 Å². The zero-order valence-electron chi connectivity index (χ0n) is 12.7. The lowest BCUT2D eigenvalue weighted by atomic mass is 9.79. The minimum absolute atomic E-state index is 0.175. The highest BCUT2D eigenvalue weighted by Crippen LogP contribution is 2.30. The summed E-state index contributed by atoms with van der Waals surface area (Å²) in [4.78, 5) is 26.3. The fourth-order valence-corrected chi connectivity index (χ4v) is 2.31. The van der Waals surface area contributed by atoms with Crippen LogP contribution >= 0.6 is 0 Å². The van der Waals surface area contributed by atoms with Gasteiger partial charge in [0, 0.05) is 6.54 Å². The molecule has 116 valence electrons. The molecular weight excluding hydrogens is 262 g/mol. The Labute approximate surface area is 120 Å². The molecule has 0 saturated carbocycles. The smallest absolute Gasteiger partial charge is 0.319 e. The summed E-state index contributed by atoms with van der Waals surface area (Å²) in [6, 6.07) is -0.393. The van der Waals surface area contributed by atoms with Crippen LogP contribution in [-0.4, -0.2) is 60.9 Å². The van der Waals surface area contributed by atoms with Crippen molar-refractivity contribution in [1.29, 1.82) is 0 Å². The Morgan fingerprint density at radius 1 is 1.45 bits per heavy atom. The number of amides is 1. The van der Waals surface area contributed by atoms with E-state index >= 15 is 0 Å².